The van der Waals surface area contributed by atoms with Gasteiger partial charge < -0.3 is 9.97 Å². The number of H-pyrrole nitrogens is 2. The minimum absolute atomic E-state index is 0.308. The summed E-state index contributed by atoms with van der Waals surface area (Å²) >= 11 is 12.1. The Bertz CT molecular complexity index is 731. The Hall–Kier alpha value is -1.52. The third kappa shape index (κ3) is 2.21. The van der Waals surface area contributed by atoms with E-state index in [4.69, 9.17) is 23.2 Å². The highest BCUT2D eigenvalue weighted by molar-refractivity contribution is 6.43. The zero-order valence-electron chi connectivity index (χ0n) is 9.22. The number of hydrogen-bond acceptors (Lipinski definition) is 2. The Balaban J connectivity index is 2.82. The van der Waals surface area contributed by atoms with Gasteiger partial charge in [-0.2, -0.15) is 0 Å². The zero-order chi connectivity index (χ0) is 13.3. The van der Waals surface area contributed by atoms with Crippen LogP contribution in [0.2, 0.25) is 10.0 Å². The molecule has 0 aliphatic carbocycles. The van der Waals surface area contributed by atoms with Crippen LogP contribution in [0.1, 0.15) is 12.0 Å². The lowest BCUT2D eigenvalue weighted by molar-refractivity contribution is 1.13. The number of rotatable bonds is 3. The molecule has 0 saturated carbocycles. The van der Waals surface area contributed by atoms with Gasteiger partial charge in [-0.25, -0.2) is 0 Å². The van der Waals surface area contributed by atoms with Gasteiger partial charge in [-0.1, -0.05) is 29.3 Å². The molecule has 6 heteroatoms. The molecule has 0 unspecified atom stereocenters. The summed E-state index contributed by atoms with van der Waals surface area (Å²) in [6.07, 6.45) is 4.03. The number of fused-ring (bicyclic) bond motifs is 1. The quantitative estimate of drug-likeness (QED) is 0.672. The molecule has 0 bridgehead atoms. The lowest BCUT2D eigenvalue weighted by Crippen LogP contribution is -2.29. The van der Waals surface area contributed by atoms with Crippen LogP contribution in [0.25, 0.3) is 11.0 Å². The standard InChI is InChI=1S/C12H9Cl2N2O2/c1-2-3-4-6-9(14)7(13)5-8-10(6)16-12(18)11(17)15-8/h2,4-5H,1,3H2,(H,15,17)(H,16,18). The molecular formula is C12H9Cl2N2O2. The predicted molar refractivity (Wildman–Crippen MR) is 73.4 cm³/mol. The van der Waals surface area contributed by atoms with Crippen molar-refractivity contribution in [3.05, 3.63) is 61.5 Å². The number of hydrogen-bond donors (Lipinski definition) is 2. The number of halogens is 2. The van der Waals surface area contributed by atoms with E-state index in [1.165, 1.54) is 6.07 Å². The smallest absolute Gasteiger partial charge is 0.314 e. The van der Waals surface area contributed by atoms with Crippen molar-refractivity contribution in [2.45, 2.75) is 6.42 Å². The lowest BCUT2D eigenvalue weighted by atomic mass is 10.1. The first-order valence-corrected chi connectivity index (χ1v) is 5.88. The van der Waals surface area contributed by atoms with Gasteiger partial charge in [0.2, 0.25) is 0 Å². The normalized spacial score (nSPS) is 10.8. The summed E-state index contributed by atoms with van der Waals surface area (Å²) in [6.45, 7) is 3.60. The molecule has 4 nitrogen and oxygen atoms in total. The molecule has 0 aliphatic rings. The largest absolute Gasteiger partial charge is 0.316 e. The van der Waals surface area contributed by atoms with Gasteiger partial charge in [-0.15, -0.1) is 6.58 Å². The average molecular weight is 284 g/mol. The number of nitrogens with one attached hydrogen (secondary N) is 2. The summed E-state index contributed by atoms with van der Waals surface area (Å²) in [4.78, 5) is 27.5. The topological polar surface area (TPSA) is 65.7 Å². The Morgan fingerprint density at radius 3 is 2.56 bits per heavy atom. The van der Waals surface area contributed by atoms with E-state index < -0.39 is 11.1 Å². The second-order valence-corrected chi connectivity index (χ2v) is 4.43. The molecule has 0 fully saturated rings. The molecule has 2 N–H and O–H groups in total. The molecule has 1 aromatic heterocycles. The van der Waals surface area contributed by atoms with Gasteiger partial charge in [0.25, 0.3) is 0 Å². The molecule has 1 aromatic carbocycles. The highest BCUT2D eigenvalue weighted by Crippen LogP contribution is 2.32. The number of aromatic amines is 2. The molecule has 0 atom stereocenters. The van der Waals surface area contributed by atoms with Crippen molar-refractivity contribution in [1.82, 2.24) is 9.97 Å². The van der Waals surface area contributed by atoms with Crippen LogP contribution >= 0.6 is 23.2 Å². The van der Waals surface area contributed by atoms with E-state index in [1.807, 2.05) is 0 Å². The Morgan fingerprint density at radius 1 is 1.22 bits per heavy atom. The summed E-state index contributed by atoms with van der Waals surface area (Å²) < 4.78 is 0. The van der Waals surface area contributed by atoms with E-state index in [9.17, 15) is 9.59 Å². The molecule has 0 aliphatic heterocycles. The zero-order valence-corrected chi connectivity index (χ0v) is 10.7. The number of benzene rings is 1. The van der Waals surface area contributed by atoms with E-state index in [0.717, 1.165) is 0 Å². The van der Waals surface area contributed by atoms with E-state index >= 15 is 0 Å². The van der Waals surface area contributed by atoms with Crippen LogP contribution in [0.15, 0.2) is 28.3 Å². The van der Waals surface area contributed by atoms with Crippen LogP contribution in [-0.4, -0.2) is 9.97 Å². The highest BCUT2D eigenvalue weighted by Gasteiger charge is 2.12. The summed E-state index contributed by atoms with van der Waals surface area (Å²) in [5, 5.41) is 0.635. The monoisotopic (exact) mass is 283 g/mol. The summed E-state index contributed by atoms with van der Waals surface area (Å²) in [6, 6.07) is 1.50. The molecule has 1 radical (unpaired) electrons. The van der Waals surface area contributed by atoms with Gasteiger partial charge in [0.05, 0.1) is 21.1 Å². The summed E-state index contributed by atoms with van der Waals surface area (Å²) in [5.41, 5.74) is 0.0114. The maximum absolute atomic E-state index is 11.3. The maximum Gasteiger partial charge on any atom is 0.314 e. The Labute approximate surface area is 112 Å². The van der Waals surface area contributed by atoms with Crippen LogP contribution in [0, 0.1) is 6.42 Å². The van der Waals surface area contributed by atoms with Crippen molar-refractivity contribution in [1.29, 1.82) is 0 Å². The van der Waals surface area contributed by atoms with E-state index in [0.29, 0.717) is 33.1 Å². The minimum atomic E-state index is -0.728. The maximum atomic E-state index is 11.3. The van der Waals surface area contributed by atoms with Crippen molar-refractivity contribution >= 4 is 34.2 Å². The summed E-state index contributed by atoms with van der Waals surface area (Å²) in [7, 11) is 0. The fourth-order valence-electron chi connectivity index (χ4n) is 1.62. The van der Waals surface area contributed by atoms with Crippen LogP contribution in [0.4, 0.5) is 0 Å². The van der Waals surface area contributed by atoms with Gasteiger partial charge in [-0.05, 0) is 18.9 Å². The summed E-state index contributed by atoms with van der Waals surface area (Å²) in [5.74, 6) is 0. The molecule has 93 valence electrons. The molecule has 18 heavy (non-hydrogen) atoms. The lowest BCUT2D eigenvalue weighted by Gasteiger charge is -2.08. The van der Waals surface area contributed by atoms with Crippen LogP contribution in [0.5, 0.6) is 0 Å². The second kappa shape index (κ2) is 5.00. The van der Waals surface area contributed by atoms with Crippen molar-refractivity contribution < 1.29 is 0 Å². The molecule has 1 heterocycles. The fraction of sp³-hybridized carbons (Fsp3) is 0.0833. The number of aromatic nitrogens is 2. The van der Waals surface area contributed by atoms with Crippen molar-refractivity contribution in [3.63, 3.8) is 0 Å². The van der Waals surface area contributed by atoms with Gasteiger partial charge >= 0.3 is 11.1 Å². The van der Waals surface area contributed by atoms with Crippen LogP contribution in [-0.2, 0) is 0 Å². The Kier molecular flexibility index (Phi) is 3.59. The van der Waals surface area contributed by atoms with Crippen molar-refractivity contribution in [2.75, 3.05) is 0 Å². The van der Waals surface area contributed by atoms with Crippen LogP contribution < -0.4 is 11.1 Å². The van der Waals surface area contributed by atoms with Gasteiger partial charge in [0.15, 0.2) is 0 Å². The molecule has 2 aromatic rings. The molecule has 0 amide bonds. The predicted octanol–water partition coefficient (Wildman–Crippen LogP) is 2.65. The number of allylic oxidation sites excluding steroid dienone is 1. The van der Waals surface area contributed by atoms with E-state index in [-0.39, 0.29) is 0 Å². The molecule has 0 spiro atoms. The minimum Gasteiger partial charge on any atom is -0.316 e. The Morgan fingerprint density at radius 2 is 1.89 bits per heavy atom. The van der Waals surface area contributed by atoms with Gasteiger partial charge in [-0.3, -0.25) is 9.59 Å². The van der Waals surface area contributed by atoms with Crippen molar-refractivity contribution in [3.8, 4) is 0 Å². The fourth-order valence-corrected chi connectivity index (χ4v) is 2.06. The SMILES string of the molecule is C=CC[CH]c1c(Cl)c(Cl)cc2[nH]c(=O)c(=O)[nH]c12. The third-order valence-corrected chi connectivity index (χ3v) is 3.24. The first-order valence-electron chi connectivity index (χ1n) is 5.13. The first-order chi connectivity index (χ1) is 8.54. The first kappa shape index (κ1) is 12.9. The van der Waals surface area contributed by atoms with Crippen molar-refractivity contribution in [2.24, 2.45) is 0 Å². The van der Waals surface area contributed by atoms with E-state index in [1.54, 1.807) is 12.5 Å². The molecule has 2 rings (SSSR count). The third-order valence-electron chi connectivity index (χ3n) is 2.44. The molecule has 0 saturated heterocycles. The second-order valence-electron chi connectivity index (χ2n) is 3.65. The molecular weight excluding hydrogens is 275 g/mol. The van der Waals surface area contributed by atoms with Gasteiger partial charge in [0, 0.05) is 5.56 Å². The van der Waals surface area contributed by atoms with E-state index in [2.05, 4.69) is 16.5 Å². The highest BCUT2D eigenvalue weighted by atomic mass is 35.5. The average Bonchev–Trinajstić information content (AvgIpc) is 2.33. The van der Waals surface area contributed by atoms with Crippen LogP contribution in [0.3, 0.4) is 0 Å². The van der Waals surface area contributed by atoms with Gasteiger partial charge in [0.1, 0.15) is 0 Å².